The lowest BCUT2D eigenvalue weighted by molar-refractivity contribution is -0.142. The summed E-state index contributed by atoms with van der Waals surface area (Å²) in [6.45, 7) is 3.66. The third-order valence-electron chi connectivity index (χ3n) is 3.33. The van der Waals surface area contributed by atoms with E-state index in [9.17, 15) is 4.79 Å². The second kappa shape index (κ2) is 8.05. The fraction of sp³-hybridized carbons (Fsp3) is 0.222. The molecule has 0 amide bonds. The van der Waals surface area contributed by atoms with Gasteiger partial charge in [-0.1, -0.05) is 30.1 Å². The first-order chi connectivity index (χ1) is 11.4. The quantitative estimate of drug-likeness (QED) is 0.399. The van der Waals surface area contributed by atoms with Crippen LogP contribution in [-0.4, -0.2) is 12.1 Å². The van der Waals surface area contributed by atoms with Gasteiger partial charge in [0.15, 0.2) is 0 Å². The zero-order chi connectivity index (χ0) is 17.7. The van der Waals surface area contributed by atoms with Gasteiger partial charge in [-0.15, -0.1) is 0 Å². The van der Waals surface area contributed by atoms with Crippen LogP contribution in [0.4, 0.5) is 0 Å². The average Bonchev–Trinajstić information content (AvgIpc) is 3.00. The van der Waals surface area contributed by atoms with Gasteiger partial charge in [0.25, 0.3) is 0 Å². The van der Waals surface area contributed by atoms with E-state index >= 15 is 0 Å². The Morgan fingerprint density at radius 1 is 1.38 bits per heavy atom. The first-order valence-corrected chi connectivity index (χ1v) is 8.08. The molecule has 1 heterocycles. The number of carbonyl (C=O) groups is 1. The zero-order valence-corrected chi connectivity index (χ0v) is 14.7. The fourth-order valence-corrected chi connectivity index (χ4v) is 2.37. The molecule has 0 saturated heterocycles. The number of furan rings is 1. The molecule has 0 fully saturated rings. The molecule has 1 aromatic carbocycles. The van der Waals surface area contributed by atoms with E-state index in [-0.39, 0.29) is 11.7 Å². The van der Waals surface area contributed by atoms with Crippen LogP contribution >= 0.6 is 23.2 Å². The van der Waals surface area contributed by atoms with Crippen molar-refractivity contribution in [3.8, 4) is 17.4 Å². The largest absolute Gasteiger partial charge is 0.459 e. The number of ether oxygens (including phenoxy) is 1. The number of hydrogen-bond donors (Lipinski definition) is 0. The summed E-state index contributed by atoms with van der Waals surface area (Å²) in [4.78, 5) is 11.9. The van der Waals surface area contributed by atoms with Crippen molar-refractivity contribution in [1.82, 2.24) is 0 Å². The van der Waals surface area contributed by atoms with Crippen LogP contribution in [0.5, 0.6) is 0 Å². The van der Waals surface area contributed by atoms with Crippen molar-refractivity contribution < 1.29 is 13.9 Å². The van der Waals surface area contributed by atoms with Crippen LogP contribution in [-0.2, 0) is 9.53 Å². The monoisotopic (exact) mass is 363 g/mol. The van der Waals surface area contributed by atoms with Crippen LogP contribution in [0.15, 0.2) is 40.3 Å². The lowest BCUT2D eigenvalue weighted by Gasteiger charge is -2.09. The zero-order valence-electron chi connectivity index (χ0n) is 13.2. The minimum Gasteiger partial charge on any atom is -0.459 e. The molecular weight excluding hydrogens is 349 g/mol. The number of nitriles is 1. The summed E-state index contributed by atoms with van der Waals surface area (Å²) < 4.78 is 10.8. The molecule has 1 atom stereocenters. The molecule has 0 unspecified atom stereocenters. The molecule has 124 valence electrons. The molecule has 0 N–H and O–H groups in total. The Labute approximate surface area is 150 Å². The van der Waals surface area contributed by atoms with Crippen molar-refractivity contribution in [2.75, 3.05) is 0 Å². The number of hydrogen-bond acceptors (Lipinski definition) is 4. The van der Waals surface area contributed by atoms with Crippen molar-refractivity contribution in [3.63, 3.8) is 0 Å². The highest BCUT2D eigenvalue weighted by Gasteiger charge is 2.15. The van der Waals surface area contributed by atoms with Gasteiger partial charge in [0, 0.05) is 16.7 Å². The summed E-state index contributed by atoms with van der Waals surface area (Å²) in [6, 6.07) is 10.2. The number of esters is 1. The van der Waals surface area contributed by atoms with Gasteiger partial charge in [0.05, 0.1) is 11.1 Å². The van der Waals surface area contributed by atoms with Gasteiger partial charge in [-0.2, -0.15) is 5.26 Å². The van der Waals surface area contributed by atoms with Gasteiger partial charge in [-0.3, -0.25) is 0 Å². The summed E-state index contributed by atoms with van der Waals surface area (Å²) in [5.74, 6) is 0.193. The van der Waals surface area contributed by atoms with Gasteiger partial charge < -0.3 is 9.15 Å². The Hall–Kier alpha value is -2.22. The highest BCUT2D eigenvalue weighted by atomic mass is 35.5. The first-order valence-electron chi connectivity index (χ1n) is 7.32. The molecule has 24 heavy (non-hydrogen) atoms. The van der Waals surface area contributed by atoms with E-state index in [4.69, 9.17) is 37.6 Å². The molecule has 0 aliphatic rings. The Morgan fingerprint density at radius 3 is 2.75 bits per heavy atom. The number of carbonyl (C=O) groups excluding carboxylic acids is 1. The second-order valence-corrected chi connectivity index (χ2v) is 5.96. The Balaban J connectivity index is 2.26. The standard InChI is InChI=1S/C18H15Cl2NO3/c1-3-11(2)23-18(22)12(10-21)8-14-5-7-17(24-14)15-6-4-13(19)9-16(15)20/h4-9,11H,3H2,1-2H3/b12-8-/t11-/m1/s1. The summed E-state index contributed by atoms with van der Waals surface area (Å²) in [5.41, 5.74) is 0.541. The maximum Gasteiger partial charge on any atom is 0.349 e. The van der Waals surface area contributed by atoms with Gasteiger partial charge in [-0.05, 0) is 43.7 Å². The first kappa shape index (κ1) is 18.1. The molecule has 6 heteroatoms. The highest BCUT2D eigenvalue weighted by Crippen LogP contribution is 2.32. The number of halogens is 2. The van der Waals surface area contributed by atoms with Crippen molar-refractivity contribution in [2.24, 2.45) is 0 Å². The summed E-state index contributed by atoms with van der Waals surface area (Å²) >= 11 is 12.0. The Morgan fingerprint density at radius 2 is 2.12 bits per heavy atom. The smallest absolute Gasteiger partial charge is 0.349 e. The van der Waals surface area contributed by atoms with Crippen LogP contribution in [0.25, 0.3) is 17.4 Å². The molecule has 0 radical (unpaired) electrons. The normalized spacial score (nSPS) is 12.5. The molecule has 0 saturated carbocycles. The molecule has 1 aromatic heterocycles. The Kier molecular flexibility index (Phi) is 6.08. The minimum absolute atomic E-state index is 0.126. The highest BCUT2D eigenvalue weighted by molar-refractivity contribution is 6.36. The van der Waals surface area contributed by atoms with Crippen LogP contribution in [0.3, 0.4) is 0 Å². The van der Waals surface area contributed by atoms with Gasteiger partial charge in [0.1, 0.15) is 23.2 Å². The summed E-state index contributed by atoms with van der Waals surface area (Å²) in [6.07, 6.45) is 1.76. The molecule has 0 aliphatic carbocycles. The molecule has 2 aromatic rings. The summed E-state index contributed by atoms with van der Waals surface area (Å²) in [7, 11) is 0. The topological polar surface area (TPSA) is 63.2 Å². The maximum absolute atomic E-state index is 11.9. The van der Waals surface area contributed by atoms with E-state index in [1.54, 1.807) is 37.3 Å². The van der Waals surface area contributed by atoms with E-state index in [1.807, 2.05) is 13.0 Å². The average molecular weight is 364 g/mol. The van der Waals surface area contributed by atoms with E-state index < -0.39 is 5.97 Å². The van der Waals surface area contributed by atoms with Crippen molar-refractivity contribution >= 4 is 35.2 Å². The van der Waals surface area contributed by atoms with Gasteiger partial charge in [0.2, 0.25) is 0 Å². The van der Waals surface area contributed by atoms with Gasteiger partial charge >= 0.3 is 5.97 Å². The Bertz CT molecular complexity index is 818. The molecule has 4 nitrogen and oxygen atoms in total. The van der Waals surface area contributed by atoms with E-state index in [2.05, 4.69) is 0 Å². The third-order valence-corrected chi connectivity index (χ3v) is 3.88. The second-order valence-electron chi connectivity index (χ2n) is 5.12. The number of rotatable bonds is 5. The molecule has 0 aliphatic heterocycles. The molecule has 2 rings (SSSR count). The number of benzene rings is 1. The van der Waals surface area contributed by atoms with Crippen molar-refractivity contribution in [3.05, 3.63) is 51.7 Å². The van der Waals surface area contributed by atoms with Crippen LogP contribution in [0, 0.1) is 11.3 Å². The molecular formula is C18H15Cl2NO3. The third kappa shape index (κ3) is 4.41. The van der Waals surface area contributed by atoms with Crippen molar-refractivity contribution in [2.45, 2.75) is 26.4 Å². The summed E-state index contributed by atoms with van der Waals surface area (Å²) in [5, 5.41) is 10.1. The SMILES string of the molecule is CC[C@@H](C)OC(=O)/C(C#N)=C\c1ccc(-c2ccc(Cl)cc2Cl)o1. The number of nitrogens with zero attached hydrogens (tertiary/aromatic N) is 1. The lowest BCUT2D eigenvalue weighted by Crippen LogP contribution is -2.15. The van der Waals surface area contributed by atoms with Crippen LogP contribution in [0.1, 0.15) is 26.0 Å². The van der Waals surface area contributed by atoms with Crippen molar-refractivity contribution in [1.29, 1.82) is 5.26 Å². The molecule has 0 spiro atoms. The van der Waals surface area contributed by atoms with E-state index in [0.29, 0.717) is 33.6 Å². The minimum atomic E-state index is -0.672. The predicted octanol–water partition coefficient (Wildman–Crippen LogP) is 5.50. The van der Waals surface area contributed by atoms with Crippen LogP contribution in [0.2, 0.25) is 10.0 Å². The maximum atomic E-state index is 11.9. The van der Waals surface area contributed by atoms with E-state index in [1.165, 1.54) is 6.08 Å². The predicted molar refractivity (Wildman–Crippen MR) is 93.6 cm³/mol. The van der Waals surface area contributed by atoms with Crippen LogP contribution < -0.4 is 0 Å². The molecule has 0 bridgehead atoms. The van der Waals surface area contributed by atoms with E-state index in [0.717, 1.165) is 0 Å². The lowest BCUT2D eigenvalue weighted by atomic mass is 10.2. The fourth-order valence-electron chi connectivity index (χ4n) is 1.87. The van der Waals surface area contributed by atoms with Gasteiger partial charge in [-0.25, -0.2) is 4.79 Å².